The number of nitro benzene ring substituents is 1. The Bertz CT molecular complexity index is 596. The first-order chi connectivity index (χ1) is 10.0. The van der Waals surface area contributed by atoms with E-state index in [-0.39, 0.29) is 16.1 Å². The number of hydrogen-bond acceptors (Lipinski definition) is 3. The topological polar surface area (TPSA) is 69.2 Å². The van der Waals surface area contributed by atoms with Crippen molar-refractivity contribution in [3.8, 4) is 0 Å². The molecule has 0 aliphatic carbocycles. The first-order valence-electron chi connectivity index (χ1n) is 7.13. The van der Waals surface area contributed by atoms with Gasteiger partial charge in [0, 0.05) is 17.7 Å². The Balaban J connectivity index is 2.08. The van der Waals surface area contributed by atoms with Crippen molar-refractivity contribution in [3.63, 3.8) is 0 Å². The largest absolute Gasteiger partial charge is 0.321 e. The number of nitrogens with zero attached hydrogens (tertiary/aromatic N) is 1. The van der Waals surface area contributed by atoms with Crippen molar-refractivity contribution in [2.75, 3.05) is 0 Å². The molecule has 2 aromatic rings. The van der Waals surface area contributed by atoms with Gasteiger partial charge in [0.15, 0.2) is 0 Å². The van der Waals surface area contributed by atoms with E-state index >= 15 is 0 Å². The molecule has 0 fully saturated rings. The molecular formula is C17H20N2O2. The van der Waals surface area contributed by atoms with Crippen LogP contribution in [0.1, 0.15) is 30.9 Å². The predicted molar refractivity (Wildman–Crippen MR) is 84.0 cm³/mol. The molecule has 0 aromatic heterocycles. The van der Waals surface area contributed by atoms with Crippen LogP contribution in [0.25, 0.3) is 0 Å². The van der Waals surface area contributed by atoms with Crippen molar-refractivity contribution in [1.82, 2.24) is 0 Å². The van der Waals surface area contributed by atoms with Crippen LogP contribution in [-0.2, 0) is 12.0 Å². The molecule has 2 rings (SSSR count). The number of nitrogens with two attached hydrogens (primary N) is 1. The van der Waals surface area contributed by atoms with Crippen molar-refractivity contribution in [2.45, 2.75) is 31.7 Å². The molecule has 4 nitrogen and oxygen atoms in total. The zero-order chi connectivity index (χ0) is 15.3. The summed E-state index contributed by atoms with van der Waals surface area (Å²) in [6.07, 6.45) is 2.46. The van der Waals surface area contributed by atoms with Crippen molar-refractivity contribution in [2.24, 2.45) is 5.73 Å². The lowest BCUT2D eigenvalue weighted by Crippen LogP contribution is -2.36. The first-order valence-corrected chi connectivity index (χ1v) is 7.13. The van der Waals surface area contributed by atoms with Crippen LogP contribution >= 0.6 is 0 Å². The van der Waals surface area contributed by atoms with Gasteiger partial charge in [0.25, 0.3) is 5.69 Å². The normalized spacial score (nSPS) is 13.6. The van der Waals surface area contributed by atoms with Crippen molar-refractivity contribution >= 4 is 5.69 Å². The fraction of sp³-hybridized carbons (Fsp3) is 0.294. The van der Waals surface area contributed by atoms with Crippen LogP contribution in [-0.4, -0.2) is 4.92 Å². The fourth-order valence-electron chi connectivity index (χ4n) is 2.45. The average molecular weight is 284 g/mol. The van der Waals surface area contributed by atoms with Crippen LogP contribution < -0.4 is 5.73 Å². The summed E-state index contributed by atoms with van der Waals surface area (Å²) < 4.78 is 0. The highest BCUT2D eigenvalue weighted by atomic mass is 16.6. The van der Waals surface area contributed by atoms with Crippen molar-refractivity contribution < 1.29 is 4.92 Å². The highest BCUT2D eigenvalue weighted by Gasteiger charge is 2.24. The lowest BCUT2D eigenvalue weighted by Gasteiger charge is -2.29. The Hall–Kier alpha value is -2.20. The lowest BCUT2D eigenvalue weighted by atomic mass is 9.83. The van der Waals surface area contributed by atoms with Gasteiger partial charge in [-0.1, -0.05) is 49.4 Å². The Morgan fingerprint density at radius 1 is 1.10 bits per heavy atom. The van der Waals surface area contributed by atoms with Gasteiger partial charge in [-0.25, -0.2) is 0 Å². The highest BCUT2D eigenvalue weighted by molar-refractivity contribution is 5.33. The number of aryl methyl sites for hydroxylation is 1. The van der Waals surface area contributed by atoms with Crippen LogP contribution in [0, 0.1) is 10.1 Å². The molecule has 1 atom stereocenters. The molecule has 21 heavy (non-hydrogen) atoms. The van der Waals surface area contributed by atoms with Gasteiger partial charge in [0.1, 0.15) is 0 Å². The van der Waals surface area contributed by atoms with Crippen LogP contribution in [0.15, 0.2) is 54.6 Å². The molecule has 4 heteroatoms. The quantitative estimate of drug-likeness (QED) is 0.648. The van der Waals surface area contributed by atoms with E-state index in [9.17, 15) is 10.1 Å². The van der Waals surface area contributed by atoms with Gasteiger partial charge >= 0.3 is 0 Å². The summed E-state index contributed by atoms with van der Waals surface area (Å²) in [4.78, 5) is 10.3. The standard InChI is InChI=1S/C17H20N2O2/c1-2-17(18,15-6-4-3-5-7-15)13-12-14-8-10-16(11-9-14)19(20)21/h3-11H,2,12-13,18H2,1H3. The summed E-state index contributed by atoms with van der Waals surface area (Å²) in [6.45, 7) is 2.09. The number of nitro groups is 1. The van der Waals surface area contributed by atoms with Gasteiger partial charge in [0.05, 0.1) is 4.92 Å². The maximum Gasteiger partial charge on any atom is 0.269 e. The summed E-state index contributed by atoms with van der Waals surface area (Å²) in [5, 5.41) is 10.6. The maximum atomic E-state index is 10.6. The molecule has 2 aromatic carbocycles. The van der Waals surface area contributed by atoms with E-state index in [0.717, 1.165) is 30.4 Å². The Labute approximate surface area is 124 Å². The van der Waals surface area contributed by atoms with E-state index in [4.69, 9.17) is 5.73 Å². The third-order valence-corrected chi connectivity index (χ3v) is 3.99. The fourth-order valence-corrected chi connectivity index (χ4v) is 2.45. The van der Waals surface area contributed by atoms with E-state index in [0.29, 0.717) is 0 Å². The Kier molecular flexibility index (Phi) is 4.70. The third kappa shape index (κ3) is 3.67. The van der Waals surface area contributed by atoms with Crippen LogP contribution in [0.4, 0.5) is 5.69 Å². The summed E-state index contributed by atoms with van der Waals surface area (Å²) in [5.74, 6) is 0. The van der Waals surface area contributed by atoms with Crippen LogP contribution in [0.2, 0.25) is 0 Å². The minimum Gasteiger partial charge on any atom is -0.321 e. The molecule has 0 radical (unpaired) electrons. The minimum atomic E-state index is -0.382. The predicted octanol–water partition coefficient (Wildman–Crippen LogP) is 3.79. The molecule has 0 amide bonds. The van der Waals surface area contributed by atoms with Crippen molar-refractivity contribution in [3.05, 3.63) is 75.8 Å². The molecule has 0 aliphatic heterocycles. The summed E-state index contributed by atoms with van der Waals surface area (Å²) >= 11 is 0. The van der Waals surface area contributed by atoms with Crippen molar-refractivity contribution in [1.29, 1.82) is 0 Å². The van der Waals surface area contributed by atoms with E-state index in [2.05, 4.69) is 19.1 Å². The van der Waals surface area contributed by atoms with E-state index in [1.54, 1.807) is 24.3 Å². The number of non-ortho nitro benzene ring substituents is 1. The van der Waals surface area contributed by atoms with E-state index in [1.165, 1.54) is 0 Å². The van der Waals surface area contributed by atoms with E-state index in [1.807, 2.05) is 18.2 Å². The van der Waals surface area contributed by atoms with Gasteiger partial charge in [-0.2, -0.15) is 0 Å². The second-order valence-electron chi connectivity index (χ2n) is 5.30. The molecule has 0 bridgehead atoms. The van der Waals surface area contributed by atoms with Gasteiger partial charge < -0.3 is 5.73 Å². The molecule has 0 heterocycles. The third-order valence-electron chi connectivity index (χ3n) is 3.99. The lowest BCUT2D eigenvalue weighted by molar-refractivity contribution is -0.384. The van der Waals surface area contributed by atoms with Crippen LogP contribution in [0.5, 0.6) is 0 Å². The van der Waals surface area contributed by atoms with E-state index < -0.39 is 0 Å². The number of benzene rings is 2. The summed E-state index contributed by atoms with van der Waals surface area (Å²) in [5.41, 5.74) is 8.50. The molecular weight excluding hydrogens is 264 g/mol. The average Bonchev–Trinajstić information content (AvgIpc) is 2.54. The van der Waals surface area contributed by atoms with Gasteiger partial charge in [-0.15, -0.1) is 0 Å². The molecule has 1 unspecified atom stereocenters. The first kappa shape index (κ1) is 15.2. The second-order valence-corrected chi connectivity index (χ2v) is 5.30. The minimum absolute atomic E-state index is 0.122. The molecule has 110 valence electrons. The highest BCUT2D eigenvalue weighted by Crippen LogP contribution is 2.27. The molecule has 0 saturated carbocycles. The van der Waals surface area contributed by atoms with Crippen LogP contribution in [0.3, 0.4) is 0 Å². The maximum absolute atomic E-state index is 10.6. The zero-order valence-electron chi connectivity index (χ0n) is 12.2. The Morgan fingerprint density at radius 3 is 2.24 bits per heavy atom. The molecule has 0 aliphatic rings. The monoisotopic (exact) mass is 284 g/mol. The zero-order valence-corrected chi connectivity index (χ0v) is 12.2. The van der Waals surface area contributed by atoms with Gasteiger partial charge in [-0.05, 0) is 30.4 Å². The van der Waals surface area contributed by atoms with Gasteiger partial charge in [-0.3, -0.25) is 10.1 Å². The Morgan fingerprint density at radius 2 is 1.71 bits per heavy atom. The molecule has 0 saturated heterocycles. The summed E-state index contributed by atoms with van der Waals surface area (Å²) in [6, 6.07) is 16.8. The number of hydrogen-bond donors (Lipinski definition) is 1. The SMILES string of the molecule is CCC(N)(CCc1ccc([N+](=O)[O-])cc1)c1ccccc1. The smallest absolute Gasteiger partial charge is 0.269 e. The number of rotatable bonds is 6. The molecule has 0 spiro atoms. The second kappa shape index (κ2) is 6.50. The van der Waals surface area contributed by atoms with Gasteiger partial charge in [0.2, 0.25) is 0 Å². The summed E-state index contributed by atoms with van der Waals surface area (Å²) in [7, 11) is 0. The molecule has 2 N–H and O–H groups in total.